The van der Waals surface area contributed by atoms with Gasteiger partial charge in [0, 0.05) is 10.3 Å². The zero-order chi connectivity index (χ0) is 14.4. The summed E-state index contributed by atoms with van der Waals surface area (Å²) in [5, 5.41) is 6.90. The lowest BCUT2D eigenvalue weighted by Gasteiger charge is -2.04. The number of carbonyl (C=O) groups is 2. The van der Waals surface area contributed by atoms with E-state index in [4.69, 9.17) is 4.74 Å². The largest absolute Gasteiger partial charge is 0.456 e. The second-order valence-corrected chi connectivity index (χ2v) is 5.97. The van der Waals surface area contributed by atoms with E-state index in [0.29, 0.717) is 11.6 Å². The van der Waals surface area contributed by atoms with Gasteiger partial charge in [0.15, 0.2) is 11.7 Å². The highest BCUT2D eigenvalue weighted by Gasteiger charge is 2.09. The molecule has 1 amide bonds. The average Bonchev–Trinajstić information content (AvgIpc) is 3.06. The zero-order valence-corrected chi connectivity index (χ0v) is 12.6. The predicted octanol–water partition coefficient (Wildman–Crippen LogP) is 2.63. The number of nitrogens with zero attached hydrogens (tertiary/aromatic N) is 1. The second-order valence-electron chi connectivity index (χ2n) is 4.08. The monoisotopic (exact) mass is 310 g/mol. The van der Waals surface area contributed by atoms with E-state index in [9.17, 15) is 9.59 Å². The summed E-state index contributed by atoms with van der Waals surface area (Å²) in [5.74, 6) is -0.743. The Kier molecular flexibility index (Phi) is 5.25. The summed E-state index contributed by atoms with van der Waals surface area (Å²) < 4.78 is 4.91. The van der Waals surface area contributed by atoms with Gasteiger partial charge in [0.2, 0.25) is 0 Å². The topological polar surface area (TPSA) is 68.3 Å². The number of ether oxygens (including phenoxy) is 1. The Morgan fingerprint density at radius 3 is 2.90 bits per heavy atom. The molecule has 20 heavy (non-hydrogen) atoms. The Bertz CT molecular complexity index is 578. The van der Waals surface area contributed by atoms with Crippen molar-refractivity contribution in [2.75, 3.05) is 11.9 Å². The lowest BCUT2D eigenvalue weighted by Crippen LogP contribution is -2.20. The molecule has 0 aromatic carbocycles. The number of aryl methyl sites for hydroxylation is 2. The molecule has 0 spiro atoms. The van der Waals surface area contributed by atoms with Gasteiger partial charge < -0.3 is 4.74 Å². The maximum absolute atomic E-state index is 11.5. The Balaban J connectivity index is 1.66. The number of rotatable bonds is 6. The van der Waals surface area contributed by atoms with Gasteiger partial charge in [-0.3, -0.25) is 14.9 Å². The fourth-order valence-electron chi connectivity index (χ4n) is 1.47. The van der Waals surface area contributed by atoms with Gasteiger partial charge >= 0.3 is 5.97 Å². The fraction of sp³-hybridized carbons (Fsp3) is 0.308. The molecule has 0 atom stereocenters. The third kappa shape index (κ3) is 4.75. The lowest BCUT2D eigenvalue weighted by molar-refractivity contribution is -0.147. The highest BCUT2D eigenvalue weighted by molar-refractivity contribution is 7.13. The van der Waals surface area contributed by atoms with Crippen molar-refractivity contribution in [2.45, 2.75) is 19.8 Å². The Morgan fingerprint density at radius 1 is 1.40 bits per heavy atom. The summed E-state index contributed by atoms with van der Waals surface area (Å²) in [5.41, 5.74) is 0.846. The van der Waals surface area contributed by atoms with Crippen molar-refractivity contribution < 1.29 is 14.3 Å². The van der Waals surface area contributed by atoms with Gasteiger partial charge in [-0.2, -0.15) is 0 Å². The van der Waals surface area contributed by atoms with Gasteiger partial charge in [0.05, 0.1) is 12.1 Å². The van der Waals surface area contributed by atoms with E-state index in [0.717, 1.165) is 10.6 Å². The SMILES string of the molecule is Cc1csc(NC(=O)COC(=O)CCc2cccs2)n1. The first-order valence-corrected chi connectivity index (χ1v) is 7.79. The summed E-state index contributed by atoms with van der Waals surface area (Å²) in [4.78, 5) is 28.3. The van der Waals surface area contributed by atoms with Crippen molar-refractivity contribution in [1.29, 1.82) is 0 Å². The maximum atomic E-state index is 11.5. The summed E-state index contributed by atoms with van der Waals surface area (Å²) >= 11 is 2.94. The van der Waals surface area contributed by atoms with Crippen molar-refractivity contribution in [2.24, 2.45) is 0 Å². The smallest absolute Gasteiger partial charge is 0.306 e. The van der Waals surface area contributed by atoms with Crippen molar-refractivity contribution in [1.82, 2.24) is 4.98 Å². The molecule has 2 aromatic rings. The van der Waals surface area contributed by atoms with Crippen LogP contribution in [-0.2, 0) is 20.7 Å². The highest BCUT2D eigenvalue weighted by atomic mass is 32.1. The van der Waals surface area contributed by atoms with E-state index in [-0.39, 0.29) is 24.9 Å². The zero-order valence-electron chi connectivity index (χ0n) is 10.9. The molecule has 1 N–H and O–H groups in total. The predicted molar refractivity (Wildman–Crippen MR) is 79.1 cm³/mol. The van der Waals surface area contributed by atoms with Crippen LogP contribution in [0, 0.1) is 6.92 Å². The summed E-state index contributed by atoms with van der Waals surface area (Å²) in [6.45, 7) is 1.57. The number of hydrogen-bond acceptors (Lipinski definition) is 6. The van der Waals surface area contributed by atoms with Crippen LogP contribution in [0.15, 0.2) is 22.9 Å². The number of esters is 1. The van der Waals surface area contributed by atoms with Crippen LogP contribution in [0.25, 0.3) is 0 Å². The normalized spacial score (nSPS) is 10.2. The molecule has 0 fully saturated rings. The van der Waals surface area contributed by atoms with Crippen molar-refractivity contribution in [3.63, 3.8) is 0 Å². The standard InChI is InChI=1S/C13H14N2O3S2/c1-9-8-20-13(14-9)15-11(16)7-18-12(17)5-4-10-3-2-6-19-10/h2-3,6,8H,4-5,7H2,1H3,(H,14,15,16). The van der Waals surface area contributed by atoms with E-state index in [1.54, 1.807) is 11.3 Å². The van der Waals surface area contributed by atoms with Crippen LogP contribution in [-0.4, -0.2) is 23.5 Å². The van der Waals surface area contributed by atoms with Gasteiger partial charge in [0.1, 0.15) is 0 Å². The minimum Gasteiger partial charge on any atom is -0.456 e. The molecule has 0 aliphatic heterocycles. The molecule has 0 saturated heterocycles. The van der Waals surface area contributed by atoms with Gasteiger partial charge in [-0.15, -0.1) is 22.7 Å². The summed E-state index contributed by atoms with van der Waals surface area (Å²) in [7, 11) is 0. The van der Waals surface area contributed by atoms with Crippen molar-refractivity contribution in [3.8, 4) is 0 Å². The van der Waals surface area contributed by atoms with E-state index in [1.165, 1.54) is 11.3 Å². The van der Waals surface area contributed by atoms with Crippen molar-refractivity contribution >= 4 is 39.7 Å². The molecule has 5 nitrogen and oxygen atoms in total. The van der Waals surface area contributed by atoms with Crippen LogP contribution < -0.4 is 5.32 Å². The van der Waals surface area contributed by atoms with Gasteiger partial charge in [-0.25, -0.2) is 4.98 Å². The second kappa shape index (κ2) is 7.16. The number of anilines is 1. The Morgan fingerprint density at radius 2 is 2.25 bits per heavy atom. The van der Waals surface area contributed by atoms with Gasteiger partial charge in [0.25, 0.3) is 5.91 Å². The number of thiophene rings is 1. The number of aromatic nitrogens is 1. The molecule has 2 aromatic heterocycles. The molecule has 106 valence electrons. The molecule has 2 rings (SSSR count). The van der Waals surface area contributed by atoms with Crippen LogP contribution in [0.1, 0.15) is 17.0 Å². The van der Waals surface area contributed by atoms with Crippen LogP contribution in [0.2, 0.25) is 0 Å². The highest BCUT2D eigenvalue weighted by Crippen LogP contribution is 2.14. The van der Waals surface area contributed by atoms with Crippen LogP contribution in [0.5, 0.6) is 0 Å². The third-order valence-electron chi connectivity index (χ3n) is 2.39. The number of amides is 1. The first-order valence-electron chi connectivity index (χ1n) is 6.03. The maximum Gasteiger partial charge on any atom is 0.306 e. The van der Waals surface area contributed by atoms with E-state index in [2.05, 4.69) is 10.3 Å². The third-order valence-corrected chi connectivity index (χ3v) is 4.20. The van der Waals surface area contributed by atoms with Gasteiger partial charge in [-0.1, -0.05) is 6.07 Å². The van der Waals surface area contributed by atoms with E-state index < -0.39 is 0 Å². The van der Waals surface area contributed by atoms with E-state index >= 15 is 0 Å². The summed E-state index contributed by atoms with van der Waals surface area (Å²) in [6, 6.07) is 3.91. The Hall–Kier alpha value is -1.73. The number of thiazole rings is 1. The minimum atomic E-state index is -0.371. The summed E-state index contributed by atoms with van der Waals surface area (Å²) in [6.07, 6.45) is 0.925. The molecule has 2 heterocycles. The first-order chi connectivity index (χ1) is 9.63. The molecule has 0 bridgehead atoms. The fourth-order valence-corrected chi connectivity index (χ4v) is 2.88. The van der Waals surface area contributed by atoms with Crippen LogP contribution in [0.3, 0.4) is 0 Å². The van der Waals surface area contributed by atoms with Crippen LogP contribution >= 0.6 is 22.7 Å². The van der Waals surface area contributed by atoms with E-state index in [1.807, 2.05) is 29.8 Å². The van der Waals surface area contributed by atoms with Gasteiger partial charge in [-0.05, 0) is 24.8 Å². The molecule has 0 aliphatic rings. The quantitative estimate of drug-likeness (QED) is 0.833. The molecule has 0 aliphatic carbocycles. The minimum absolute atomic E-state index is 0.276. The molecular formula is C13H14N2O3S2. The van der Waals surface area contributed by atoms with Crippen molar-refractivity contribution in [3.05, 3.63) is 33.5 Å². The molecule has 7 heteroatoms. The molecule has 0 radical (unpaired) electrons. The number of nitrogens with one attached hydrogen (secondary N) is 1. The van der Waals surface area contributed by atoms with Crippen LogP contribution in [0.4, 0.5) is 5.13 Å². The first kappa shape index (κ1) is 14.7. The molecule has 0 unspecified atom stereocenters. The lowest BCUT2D eigenvalue weighted by atomic mass is 10.3. The molecule has 0 saturated carbocycles. The Labute approximate surface area is 124 Å². The molecular weight excluding hydrogens is 296 g/mol. The average molecular weight is 310 g/mol. The number of hydrogen-bond donors (Lipinski definition) is 1. The number of carbonyl (C=O) groups excluding carboxylic acids is 2.